The number of fused-ring (bicyclic) bond motifs is 1. The number of hydrogen-bond donors (Lipinski definition) is 2. The molecular weight excluding hydrogens is 452 g/mol. The second-order valence-corrected chi connectivity index (χ2v) is 8.99. The molecule has 174 valence electrons. The van der Waals surface area contributed by atoms with Gasteiger partial charge in [0.1, 0.15) is 0 Å². The summed E-state index contributed by atoms with van der Waals surface area (Å²) in [4.78, 5) is 28.5. The van der Waals surface area contributed by atoms with Gasteiger partial charge in [-0.3, -0.25) is 4.79 Å². The summed E-state index contributed by atoms with van der Waals surface area (Å²) in [5.74, 6) is 0.971. The fourth-order valence-electron chi connectivity index (χ4n) is 4.31. The predicted octanol–water partition coefficient (Wildman–Crippen LogP) is 4.23. The maximum atomic E-state index is 12.9. The third kappa shape index (κ3) is 4.77. The number of carbonyl (C=O) groups excluding carboxylic acids is 1. The lowest BCUT2D eigenvalue weighted by atomic mass is 9.85. The second-order valence-electron chi connectivity index (χ2n) is 8.14. The molecule has 1 aromatic carbocycles. The Morgan fingerprint density at radius 2 is 1.91 bits per heavy atom. The highest BCUT2D eigenvalue weighted by molar-refractivity contribution is 7.98. The smallest absolute Gasteiger partial charge is 0.344 e. The van der Waals surface area contributed by atoms with Gasteiger partial charge in [0, 0.05) is 23.2 Å². The first kappa shape index (κ1) is 24.5. The molecule has 2 aromatic rings. The van der Waals surface area contributed by atoms with E-state index in [0.29, 0.717) is 45.2 Å². The van der Waals surface area contributed by atoms with E-state index in [2.05, 4.69) is 10.3 Å². The summed E-state index contributed by atoms with van der Waals surface area (Å²) >= 11 is 1.36. The lowest BCUT2D eigenvalue weighted by Gasteiger charge is -2.30. The van der Waals surface area contributed by atoms with Crippen molar-refractivity contribution >= 4 is 30.1 Å². The zero-order valence-corrected chi connectivity index (χ0v) is 20.3. The van der Waals surface area contributed by atoms with E-state index in [9.17, 15) is 9.59 Å². The van der Waals surface area contributed by atoms with Gasteiger partial charge in [0.25, 0.3) is 5.56 Å². The second kappa shape index (κ2) is 10.2. The van der Waals surface area contributed by atoms with Crippen molar-refractivity contribution in [3.63, 3.8) is 0 Å². The molecule has 9 heteroatoms. The number of esters is 1. The molecule has 0 amide bonds. The largest absolute Gasteiger partial charge is 0.451 e. The Balaban J connectivity index is 0.00000289. The number of aromatic amines is 1. The molecule has 2 N–H and O–H groups in total. The first-order chi connectivity index (χ1) is 14.9. The minimum Gasteiger partial charge on any atom is -0.451 e. The van der Waals surface area contributed by atoms with Crippen molar-refractivity contribution in [2.24, 2.45) is 5.92 Å². The highest BCUT2D eigenvalue weighted by Crippen LogP contribution is 2.43. The van der Waals surface area contributed by atoms with E-state index in [4.69, 9.17) is 14.2 Å². The molecule has 32 heavy (non-hydrogen) atoms. The van der Waals surface area contributed by atoms with E-state index in [1.54, 1.807) is 25.1 Å². The van der Waals surface area contributed by atoms with Gasteiger partial charge in [0.05, 0.1) is 10.5 Å². The average Bonchev–Trinajstić information content (AvgIpc) is 3.21. The molecule has 2 aliphatic rings. The molecule has 1 atom stereocenters. The number of rotatable bonds is 5. The Morgan fingerprint density at radius 3 is 2.56 bits per heavy atom. The molecule has 1 aliphatic heterocycles. The zero-order chi connectivity index (χ0) is 22.1. The van der Waals surface area contributed by atoms with Gasteiger partial charge in [-0.05, 0) is 71.0 Å². The van der Waals surface area contributed by atoms with Crippen molar-refractivity contribution in [1.82, 2.24) is 10.3 Å². The fourth-order valence-corrected chi connectivity index (χ4v) is 4.92. The normalized spacial score (nSPS) is 21.7. The van der Waals surface area contributed by atoms with E-state index in [1.807, 2.05) is 20.2 Å². The van der Waals surface area contributed by atoms with E-state index in [0.717, 1.165) is 25.7 Å². The lowest BCUT2D eigenvalue weighted by molar-refractivity contribution is -0.0203. The monoisotopic (exact) mass is 480 g/mol. The van der Waals surface area contributed by atoms with Crippen LogP contribution in [0.2, 0.25) is 0 Å². The van der Waals surface area contributed by atoms with Crippen LogP contribution in [0.25, 0.3) is 0 Å². The average molecular weight is 481 g/mol. The molecule has 2 heterocycles. The molecule has 0 bridgehead atoms. The van der Waals surface area contributed by atoms with Gasteiger partial charge in [-0.2, -0.15) is 0 Å². The molecule has 7 nitrogen and oxygen atoms in total. The number of thioether (sulfide) groups is 1. The van der Waals surface area contributed by atoms with E-state index in [1.165, 1.54) is 11.8 Å². The topological polar surface area (TPSA) is 89.7 Å². The molecular formula is C23H29ClN2O5S. The lowest BCUT2D eigenvalue weighted by Crippen LogP contribution is -2.37. The molecule has 4 rings (SSSR count). The number of aromatic nitrogens is 1. The van der Waals surface area contributed by atoms with E-state index in [-0.39, 0.29) is 24.4 Å². The number of aryl methyl sites for hydroxylation is 1. The zero-order valence-electron chi connectivity index (χ0n) is 18.7. The van der Waals surface area contributed by atoms with Gasteiger partial charge in [-0.1, -0.05) is 0 Å². The van der Waals surface area contributed by atoms with Crippen molar-refractivity contribution in [3.8, 4) is 17.2 Å². The number of ether oxygens (including phenoxy) is 3. The maximum Gasteiger partial charge on any atom is 0.344 e. The molecule has 1 saturated carbocycles. The highest BCUT2D eigenvalue weighted by atomic mass is 35.5. The van der Waals surface area contributed by atoms with Crippen LogP contribution in [0.3, 0.4) is 0 Å². The molecule has 1 unspecified atom stereocenters. The first-order valence-electron chi connectivity index (χ1n) is 10.6. The summed E-state index contributed by atoms with van der Waals surface area (Å²) in [6.45, 7) is 3.60. The minimum absolute atomic E-state index is 0. The van der Waals surface area contributed by atoms with Crippen LogP contribution in [0.1, 0.15) is 47.3 Å². The Labute approximate surface area is 198 Å². The van der Waals surface area contributed by atoms with Crippen LogP contribution in [0, 0.1) is 19.8 Å². The van der Waals surface area contributed by atoms with Crippen LogP contribution in [-0.4, -0.2) is 36.6 Å². The summed E-state index contributed by atoms with van der Waals surface area (Å²) in [5.41, 5.74) is 1.30. The molecule has 1 aromatic heterocycles. The molecule has 0 saturated heterocycles. The Hall–Kier alpha value is -2.16. The highest BCUT2D eigenvalue weighted by Gasteiger charge is 2.36. The van der Waals surface area contributed by atoms with Gasteiger partial charge >= 0.3 is 5.97 Å². The van der Waals surface area contributed by atoms with Crippen LogP contribution in [-0.2, 0) is 0 Å². The van der Waals surface area contributed by atoms with Gasteiger partial charge in [-0.15, -0.1) is 24.2 Å². The van der Waals surface area contributed by atoms with E-state index >= 15 is 0 Å². The number of carbonyl (C=O) groups is 1. The summed E-state index contributed by atoms with van der Waals surface area (Å²) in [5, 5.41) is 3.34. The third-order valence-corrected chi connectivity index (χ3v) is 6.88. The number of benzene rings is 1. The summed E-state index contributed by atoms with van der Waals surface area (Å²) in [7, 11) is 2.00. The number of halogens is 1. The van der Waals surface area contributed by atoms with Crippen molar-refractivity contribution in [3.05, 3.63) is 45.4 Å². The predicted molar refractivity (Wildman–Crippen MR) is 127 cm³/mol. The van der Waals surface area contributed by atoms with Crippen LogP contribution in [0.15, 0.2) is 27.9 Å². The third-order valence-electron chi connectivity index (χ3n) is 6.13. The van der Waals surface area contributed by atoms with Gasteiger partial charge in [0.15, 0.2) is 11.5 Å². The summed E-state index contributed by atoms with van der Waals surface area (Å²) in [6.07, 6.45) is 5.76. The number of nitrogens with one attached hydrogen (secondary N) is 2. The fraction of sp³-hybridized carbons (Fsp3) is 0.478. The summed E-state index contributed by atoms with van der Waals surface area (Å²) in [6, 6.07) is 5.75. The van der Waals surface area contributed by atoms with Gasteiger partial charge < -0.3 is 24.5 Å². The van der Waals surface area contributed by atoms with Crippen molar-refractivity contribution in [2.75, 3.05) is 13.3 Å². The standard InChI is InChI=1S/C23H28N2O5S.ClH/c1-12-11-18(31-4)20(21(26)25-12)29-22(27)16-9-10-17-19(13(16)2)30-23(28-17)14-5-7-15(24-3)8-6-14;/h9-11,14-15,23-24H,5-8H2,1-4H3,(H,25,26);1H. The minimum atomic E-state index is -0.591. The van der Waals surface area contributed by atoms with Crippen molar-refractivity contribution in [2.45, 2.75) is 56.8 Å². The van der Waals surface area contributed by atoms with Gasteiger partial charge in [0.2, 0.25) is 12.0 Å². The number of pyridine rings is 1. The molecule has 1 fully saturated rings. The van der Waals surface area contributed by atoms with Crippen LogP contribution in [0.4, 0.5) is 0 Å². The van der Waals surface area contributed by atoms with Crippen LogP contribution >= 0.6 is 24.2 Å². The quantitative estimate of drug-likeness (QED) is 0.489. The SMILES string of the molecule is CNC1CCC(C2Oc3ccc(C(=O)Oc4c(SC)cc(C)[nH]c4=O)c(C)c3O2)CC1.Cl. The number of hydrogen-bond acceptors (Lipinski definition) is 7. The number of H-pyrrole nitrogens is 1. The maximum absolute atomic E-state index is 12.9. The van der Waals surface area contributed by atoms with Crippen molar-refractivity contribution < 1.29 is 19.0 Å². The van der Waals surface area contributed by atoms with E-state index < -0.39 is 11.5 Å². The molecule has 0 spiro atoms. The Bertz CT molecular complexity index is 1050. The van der Waals surface area contributed by atoms with Gasteiger partial charge in [-0.25, -0.2) is 4.79 Å². The first-order valence-corrected chi connectivity index (χ1v) is 11.8. The van der Waals surface area contributed by atoms with Crippen LogP contribution in [0.5, 0.6) is 17.2 Å². The van der Waals surface area contributed by atoms with Crippen LogP contribution < -0.4 is 25.1 Å². The summed E-state index contributed by atoms with van der Waals surface area (Å²) < 4.78 is 17.7. The molecule has 1 aliphatic carbocycles. The van der Waals surface area contributed by atoms with Crippen molar-refractivity contribution in [1.29, 1.82) is 0 Å². The molecule has 0 radical (unpaired) electrons. The Morgan fingerprint density at radius 1 is 1.19 bits per heavy atom. The Kier molecular flexibility index (Phi) is 7.79.